The number of para-hydroxylation sites is 1. The third-order valence-corrected chi connectivity index (χ3v) is 5.89. The van der Waals surface area contributed by atoms with E-state index < -0.39 is 0 Å². The molecule has 1 N–H and O–H groups in total. The van der Waals surface area contributed by atoms with Gasteiger partial charge in [0.1, 0.15) is 0 Å². The van der Waals surface area contributed by atoms with Crippen LogP contribution >= 0.6 is 0 Å². The molecule has 3 aromatic carbocycles. The van der Waals surface area contributed by atoms with E-state index in [0.29, 0.717) is 17.1 Å². The fourth-order valence-corrected chi connectivity index (χ4v) is 4.05. The van der Waals surface area contributed by atoms with Gasteiger partial charge in [-0.15, -0.1) is 0 Å². The molecule has 0 radical (unpaired) electrons. The summed E-state index contributed by atoms with van der Waals surface area (Å²) in [7, 11) is 0. The van der Waals surface area contributed by atoms with E-state index in [-0.39, 0.29) is 12.7 Å². The summed E-state index contributed by atoms with van der Waals surface area (Å²) in [5.41, 5.74) is 6.46. The summed E-state index contributed by atoms with van der Waals surface area (Å²) in [6, 6.07) is 23.8. The molecule has 168 valence electrons. The molecule has 1 amide bonds. The number of hydrogen-bond donors (Lipinski definition) is 1. The maximum absolute atomic E-state index is 12.4. The number of benzene rings is 3. The first kappa shape index (κ1) is 21.0. The lowest BCUT2D eigenvalue weighted by Gasteiger charge is -2.36. The minimum atomic E-state index is -0.241. The Bertz CT molecular complexity index is 1120. The van der Waals surface area contributed by atoms with Gasteiger partial charge in [-0.2, -0.15) is 5.10 Å². The van der Waals surface area contributed by atoms with Crippen LogP contribution in [0.3, 0.4) is 0 Å². The van der Waals surface area contributed by atoms with Crippen LogP contribution in [0, 0.1) is 0 Å². The Balaban J connectivity index is 1.10. The van der Waals surface area contributed by atoms with Crippen molar-refractivity contribution in [1.82, 2.24) is 10.3 Å². The quantitative estimate of drug-likeness (QED) is 0.468. The largest absolute Gasteiger partial charge is 0.454 e. The number of carbonyl (C=O) groups excluding carboxylic acids is 1. The van der Waals surface area contributed by atoms with Crippen LogP contribution in [0.4, 0.5) is 5.69 Å². The Labute approximate surface area is 193 Å². The van der Waals surface area contributed by atoms with Gasteiger partial charge in [0.15, 0.2) is 11.5 Å². The van der Waals surface area contributed by atoms with Gasteiger partial charge < -0.3 is 14.4 Å². The van der Waals surface area contributed by atoms with Crippen molar-refractivity contribution in [3.63, 3.8) is 0 Å². The molecule has 0 aliphatic carbocycles. The molecule has 0 spiro atoms. The Morgan fingerprint density at radius 1 is 0.909 bits per heavy atom. The second-order valence-corrected chi connectivity index (χ2v) is 8.11. The van der Waals surface area contributed by atoms with Crippen molar-refractivity contribution in [3.8, 4) is 11.5 Å². The van der Waals surface area contributed by atoms with Gasteiger partial charge in [0, 0.05) is 44.0 Å². The molecule has 2 aliphatic rings. The summed E-state index contributed by atoms with van der Waals surface area (Å²) in [4.78, 5) is 17.3. The van der Waals surface area contributed by atoms with Crippen molar-refractivity contribution in [3.05, 3.63) is 89.5 Å². The molecule has 0 saturated carbocycles. The van der Waals surface area contributed by atoms with E-state index in [4.69, 9.17) is 9.47 Å². The summed E-state index contributed by atoms with van der Waals surface area (Å²) in [6.07, 6.45) is 1.59. The number of anilines is 1. The summed E-state index contributed by atoms with van der Waals surface area (Å²) in [5, 5.41) is 4.06. The highest BCUT2D eigenvalue weighted by Gasteiger charge is 2.17. The average molecular weight is 443 g/mol. The third kappa shape index (κ3) is 5.15. The molecule has 7 heteroatoms. The highest BCUT2D eigenvalue weighted by molar-refractivity contribution is 5.95. The monoisotopic (exact) mass is 442 g/mol. The Morgan fingerprint density at radius 2 is 1.67 bits per heavy atom. The van der Waals surface area contributed by atoms with E-state index in [0.717, 1.165) is 38.3 Å². The van der Waals surface area contributed by atoms with E-state index in [1.165, 1.54) is 11.3 Å². The molecular weight excluding hydrogens is 416 g/mol. The van der Waals surface area contributed by atoms with Crippen LogP contribution < -0.4 is 19.8 Å². The molecule has 1 saturated heterocycles. The van der Waals surface area contributed by atoms with Gasteiger partial charge in [-0.3, -0.25) is 9.69 Å². The van der Waals surface area contributed by atoms with Crippen LogP contribution in [-0.2, 0) is 6.54 Å². The lowest BCUT2D eigenvalue weighted by atomic mass is 10.1. The Hall–Kier alpha value is -3.84. The predicted octanol–water partition coefficient (Wildman–Crippen LogP) is 3.50. The summed E-state index contributed by atoms with van der Waals surface area (Å²) >= 11 is 0. The smallest absolute Gasteiger partial charge is 0.271 e. The highest BCUT2D eigenvalue weighted by Crippen LogP contribution is 2.31. The zero-order valence-corrected chi connectivity index (χ0v) is 18.3. The molecule has 5 rings (SSSR count). The summed E-state index contributed by atoms with van der Waals surface area (Å²) in [5.74, 6) is 1.16. The van der Waals surface area contributed by atoms with Crippen LogP contribution in [0.2, 0.25) is 0 Å². The van der Waals surface area contributed by atoms with E-state index >= 15 is 0 Å². The number of piperazine rings is 1. The van der Waals surface area contributed by atoms with Gasteiger partial charge in [0.2, 0.25) is 6.79 Å². The average Bonchev–Trinajstić information content (AvgIpc) is 3.33. The second-order valence-electron chi connectivity index (χ2n) is 8.11. The fraction of sp³-hybridized carbons (Fsp3) is 0.231. The molecule has 0 aromatic heterocycles. The van der Waals surface area contributed by atoms with Crippen molar-refractivity contribution in [2.45, 2.75) is 6.54 Å². The lowest BCUT2D eigenvalue weighted by Crippen LogP contribution is -2.45. The standard InChI is InChI=1S/C26H26N4O3/c31-26(28-27-17-21-8-11-24-25(16-21)33-19-32-24)22-9-6-20(7-10-22)18-29-12-14-30(15-13-29)23-4-2-1-3-5-23/h1-11,16-17H,12-15,18-19H2,(H,28,31). The number of carbonyl (C=O) groups is 1. The van der Waals surface area contributed by atoms with Crippen LogP contribution in [0.5, 0.6) is 11.5 Å². The van der Waals surface area contributed by atoms with Gasteiger partial charge in [-0.05, 0) is 53.6 Å². The Morgan fingerprint density at radius 3 is 2.45 bits per heavy atom. The topological polar surface area (TPSA) is 66.4 Å². The minimum absolute atomic E-state index is 0.229. The van der Waals surface area contributed by atoms with Gasteiger partial charge in [0.05, 0.1) is 6.21 Å². The first-order chi connectivity index (χ1) is 16.2. The normalized spacial score (nSPS) is 15.7. The number of fused-ring (bicyclic) bond motifs is 1. The molecule has 3 aromatic rings. The van der Waals surface area contributed by atoms with Crippen molar-refractivity contribution in [1.29, 1.82) is 0 Å². The van der Waals surface area contributed by atoms with E-state index in [2.05, 4.69) is 50.7 Å². The number of rotatable bonds is 6. The first-order valence-corrected chi connectivity index (χ1v) is 11.1. The van der Waals surface area contributed by atoms with Gasteiger partial charge >= 0.3 is 0 Å². The molecule has 2 heterocycles. The molecule has 0 atom stereocenters. The number of nitrogens with zero attached hydrogens (tertiary/aromatic N) is 3. The maximum Gasteiger partial charge on any atom is 0.271 e. The molecule has 33 heavy (non-hydrogen) atoms. The molecule has 7 nitrogen and oxygen atoms in total. The Kier molecular flexibility index (Phi) is 6.21. The van der Waals surface area contributed by atoms with Crippen LogP contribution in [0.1, 0.15) is 21.5 Å². The predicted molar refractivity (Wildman–Crippen MR) is 128 cm³/mol. The molecular formula is C26H26N4O3. The maximum atomic E-state index is 12.4. The second kappa shape index (κ2) is 9.75. The number of hydrazone groups is 1. The molecule has 2 aliphatic heterocycles. The third-order valence-electron chi connectivity index (χ3n) is 5.89. The van der Waals surface area contributed by atoms with Crippen molar-refractivity contribution >= 4 is 17.8 Å². The van der Waals surface area contributed by atoms with E-state index in [1.807, 2.05) is 42.5 Å². The van der Waals surface area contributed by atoms with Crippen LogP contribution in [0.25, 0.3) is 0 Å². The number of hydrogen-bond acceptors (Lipinski definition) is 6. The number of nitrogens with one attached hydrogen (secondary N) is 1. The van der Waals surface area contributed by atoms with Crippen molar-refractivity contribution < 1.29 is 14.3 Å². The van der Waals surface area contributed by atoms with Gasteiger partial charge in [-0.25, -0.2) is 5.43 Å². The molecule has 0 unspecified atom stereocenters. The summed E-state index contributed by atoms with van der Waals surface area (Å²) in [6.45, 7) is 5.19. The number of ether oxygens (including phenoxy) is 2. The molecule has 0 bridgehead atoms. The van der Waals surface area contributed by atoms with Crippen LogP contribution in [0.15, 0.2) is 77.9 Å². The highest BCUT2D eigenvalue weighted by atomic mass is 16.7. The van der Waals surface area contributed by atoms with Crippen molar-refractivity contribution in [2.75, 3.05) is 37.9 Å². The zero-order chi connectivity index (χ0) is 22.5. The SMILES string of the molecule is O=C(NN=Cc1ccc2c(c1)OCO2)c1ccc(CN2CCN(c3ccccc3)CC2)cc1. The van der Waals surface area contributed by atoms with E-state index in [9.17, 15) is 4.79 Å². The van der Waals surface area contributed by atoms with Crippen molar-refractivity contribution in [2.24, 2.45) is 5.10 Å². The first-order valence-electron chi connectivity index (χ1n) is 11.1. The van der Waals surface area contributed by atoms with E-state index in [1.54, 1.807) is 6.21 Å². The minimum Gasteiger partial charge on any atom is -0.454 e. The fourth-order valence-electron chi connectivity index (χ4n) is 4.05. The lowest BCUT2D eigenvalue weighted by molar-refractivity contribution is 0.0955. The number of amides is 1. The zero-order valence-electron chi connectivity index (χ0n) is 18.3. The van der Waals surface area contributed by atoms with Gasteiger partial charge in [0.25, 0.3) is 5.91 Å². The molecule has 1 fully saturated rings. The van der Waals surface area contributed by atoms with Gasteiger partial charge in [-0.1, -0.05) is 30.3 Å². The van der Waals surface area contributed by atoms with Crippen LogP contribution in [-0.4, -0.2) is 50.0 Å². The summed E-state index contributed by atoms with van der Waals surface area (Å²) < 4.78 is 10.6.